The van der Waals surface area contributed by atoms with Gasteiger partial charge in [-0.3, -0.25) is 4.79 Å². The van der Waals surface area contributed by atoms with Gasteiger partial charge in [0.15, 0.2) is 0 Å². The number of nitrogens with two attached hydrogens (primary N) is 1. The third-order valence-electron chi connectivity index (χ3n) is 4.45. The second-order valence-corrected chi connectivity index (χ2v) is 5.75. The van der Waals surface area contributed by atoms with Gasteiger partial charge in [0, 0.05) is 13.1 Å². The van der Waals surface area contributed by atoms with Gasteiger partial charge in [0.1, 0.15) is 0 Å². The topological polar surface area (TPSA) is 75.4 Å². The first-order valence-corrected chi connectivity index (χ1v) is 6.83. The van der Waals surface area contributed by atoms with Crippen molar-refractivity contribution in [2.45, 2.75) is 51.0 Å². The molecule has 0 unspecified atom stereocenters. The number of amides is 1. The molecule has 0 saturated heterocycles. The maximum Gasteiger partial charge on any atom is 0.227 e. The summed E-state index contributed by atoms with van der Waals surface area (Å²) in [6, 6.07) is 0. The molecule has 0 aliphatic heterocycles. The van der Waals surface area contributed by atoms with Gasteiger partial charge in [-0.1, -0.05) is 19.3 Å². The minimum Gasteiger partial charge on any atom is -0.393 e. The predicted molar refractivity (Wildman–Crippen MR) is 66.3 cm³/mol. The van der Waals surface area contributed by atoms with Gasteiger partial charge in [0.25, 0.3) is 0 Å². The number of nitrogens with one attached hydrogen (secondary N) is 1. The summed E-state index contributed by atoms with van der Waals surface area (Å²) < 4.78 is 0. The van der Waals surface area contributed by atoms with Gasteiger partial charge in [0.05, 0.1) is 11.5 Å². The fraction of sp³-hybridized carbons (Fsp3) is 0.923. The number of carbonyl (C=O) groups is 1. The summed E-state index contributed by atoms with van der Waals surface area (Å²) in [5.74, 6) is 0.605. The molecule has 0 aromatic rings. The Bertz CT molecular complexity index is 269. The van der Waals surface area contributed by atoms with Gasteiger partial charge in [-0.2, -0.15) is 0 Å². The van der Waals surface area contributed by atoms with E-state index in [4.69, 9.17) is 5.73 Å². The lowest BCUT2D eigenvalue weighted by Gasteiger charge is -2.37. The summed E-state index contributed by atoms with van der Waals surface area (Å²) in [7, 11) is 0. The van der Waals surface area contributed by atoms with Crippen LogP contribution in [0.2, 0.25) is 0 Å². The van der Waals surface area contributed by atoms with Crippen LogP contribution in [0.25, 0.3) is 0 Å². The van der Waals surface area contributed by atoms with Crippen LogP contribution >= 0.6 is 0 Å². The van der Waals surface area contributed by atoms with Crippen molar-refractivity contribution in [2.75, 3.05) is 13.1 Å². The van der Waals surface area contributed by atoms with Crippen molar-refractivity contribution >= 4 is 5.91 Å². The number of aliphatic hydroxyl groups is 1. The highest BCUT2D eigenvalue weighted by molar-refractivity contribution is 5.83. The van der Waals surface area contributed by atoms with E-state index in [-0.39, 0.29) is 17.4 Å². The zero-order valence-electron chi connectivity index (χ0n) is 10.5. The van der Waals surface area contributed by atoms with Crippen molar-refractivity contribution in [3.05, 3.63) is 0 Å². The molecule has 17 heavy (non-hydrogen) atoms. The highest BCUT2D eigenvalue weighted by atomic mass is 16.3. The molecule has 2 fully saturated rings. The molecule has 2 rings (SSSR count). The lowest BCUT2D eigenvalue weighted by atomic mass is 9.73. The molecule has 0 spiro atoms. The van der Waals surface area contributed by atoms with E-state index in [1.54, 1.807) is 0 Å². The summed E-state index contributed by atoms with van der Waals surface area (Å²) >= 11 is 0. The molecule has 0 bridgehead atoms. The zero-order chi connectivity index (χ0) is 12.3. The fourth-order valence-corrected chi connectivity index (χ4v) is 3.04. The first-order chi connectivity index (χ1) is 8.16. The van der Waals surface area contributed by atoms with E-state index in [1.807, 2.05) is 0 Å². The Morgan fingerprint density at radius 3 is 2.47 bits per heavy atom. The fourth-order valence-electron chi connectivity index (χ4n) is 3.04. The van der Waals surface area contributed by atoms with Crippen LogP contribution in [-0.4, -0.2) is 30.2 Å². The van der Waals surface area contributed by atoms with Gasteiger partial charge in [-0.25, -0.2) is 0 Å². The van der Waals surface area contributed by atoms with E-state index in [2.05, 4.69) is 5.32 Å². The van der Waals surface area contributed by atoms with Crippen molar-refractivity contribution in [1.82, 2.24) is 5.32 Å². The Morgan fingerprint density at radius 1 is 1.29 bits per heavy atom. The van der Waals surface area contributed by atoms with Crippen molar-refractivity contribution < 1.29 is 9.90 Å². The zero-order valence-corrected chi connectivity index (χ0v) is 10.5. The van der Waals surface area contributed by atoms with Crippen LogP contribution in [-0.2, 0) is 4.79 Å². The molecule has 1 amide bonds. The van der Waals surface area contributed by atoms with Crippen LogP contribution in [0.15, 0.2) is 0 Å². The molecule has 98 valence electrons. The first kappa shape index (κ1) is 12.8. The Labute approximate surface area is 103 Å². The number of rotatable bonds is 4. The molecule has 0 radical (unpaired) electrons. The summed E-state index contributed by atoms with van der Waals surface area (Å²) in [6.45, 7) is 1.17. The average molecular weight is 240 g/mol. The Hall–Kier alpha value is -0.610. The van der Waals surface area contributed by atoms with E-state index in [0.29, 0.717) is 19.0 Å². The predicted octanol–water partition coefficient (Wildman–Crippen LogP) is 0.783. The van der Waals surface area contributed by atoms with Crippen LogP contribution in [0.3, 0.4) is 0 Å². The van der Waals surface area contributed by atoms with Crippen LogP contribution in [0, 0.1) is 11.3 Å². The van der Waals surface area contributed by atoms with Gasteiger partial charge in [-0.15, -0.1) is 0 Å². The standard InChI is InChI=1S/C13H24N2O2/c14-9-13(4-2-1-3-5-13)12(17)15-8-10-6-11(16)7-10/h10-11,16H,1-9,14H2,(H,15,17). The van der Waals surface area contributed by atoms with E-state index < -0.39 is 0 Å². The molecule has 4 heteroatoms. The smallest absolute Gasteiger partial charge is 0.227 e. The number of hydrogen-bond acceptors (Lipinski definition) is 3. The molecule has 2 aliphatic carbocycles. The summed E-state index contributed by atoms with van der Waals surface area (Å²) in [6.07, 6.45) is 6.84. The average Bonchev–Trinajstić information content (AvgIpc) is 2.33. The summed E-state index contributed by atoms with van der Waals surface area (Å²) in [4.78, 5) is 12.2. The van der Waals surface area contributed by atoms with Gasteiger partial charge >= 0.3 is 0 Å². The highest BCUT2D eigenvalue weighted by Gasteiger charge is 2.38. The van der Waals surface area contributed by atoms with Crippen LogP contribution in [0.4, 0.5) is 0 Å². The summed E-state index contributed by atoms with van der Waals surface area (Å²) in [5, 5.41) is 12.2. The van der Waals surface area contributed by atoms with Crippen molar-refractivity contribution in [1.29, 1.82) is 0 Å². The molecule has 0 aromatic carbocycles. The molecule has 4 nitrogen and oxygen atoms in total. The maximum absolute atomic E-state index is 12.2. The van der Waals surface area contributed by atoms with Crippen molar-refractivity contribution in [2.24, 2.45) is 17.1 Å². The minimum atomic E-state index is -0.305. The van der Waals surface area contributed by atoms with E-state index in [1.165, 1.54) is 6.42 Å². The highest BCUT2D eigenvalue weighted by Crippen LogP contribution is 2.36. The SMILES string of the molecule is NCC1(C(=O)NCC2CC(O)C2)CCCCC1. The first-order valence-electron chi connectivity index (χ1n) is 6.83. The third kappa shape index (κ3) is 2.80. The van der Waals surface area contributed by atoms with E-state index in [0.717, 1.165) is 38.5 Å². The lowest BCUT2D eigenvalue weighted by Crippen LogP contribution is -2.49. The Morgan fingerprint density at radius 2 is 1.94 bits per heavy atom. The van der Waals surface area contributed by atoms with Gasteiger partial charge in [-0.05, 0) is 31.6 Å². The minimum absolute atomic E-state index is 0.140. The molecule has 0 heterocycles. The molecule has 0 aromatic heterocycles. The van der Waals surface area contributed by atoms with Crippen LogP contribution in [0.1, 0.15) is 44.9 Å². The van der Waals surface area contributed by atoms with Crippen molar-refractivity contribution in [3.8, 4) is 0 Å². The molecular weight excluding hydrogens is 216 g/mol. The third-order valence-corrected chi connectivity index (χ3v) is 4.45. The lowest BCUT2D eigenvalue weighted by molar-refractivity contribution is -0.133. The Kier molecular flexibility index (Phi) is 4.05. The summed E-state index contributed by atoms with van der Waals surface area (Å²) in [5.41, 5.74) is 5.51. The monoisotopic (exact) mass is 240 g/mol. The second-order valence-electron chi connectivity index (χ2n) is 5.75. The van der Waals surface area contributed by atoms with Gasteiger partial charge in [0.2, 0.25) is 5.91 Å². The molecule has 2 aliphatic rings. The molecule has 4 N–H and O–H groups in total. The molecule has 0 atom stereocenters. The van der Waals surface area contributed by atoms with Crippen LogP contribution in [0.5, 0.6) is 0 Å². The maximum atomic E-state index is 12.2. The number of hydrogen-bond donors (Lipinski definition) is 3. The van der Waals surface area contributed by atoms with E-state index in [9.17, 15) is 9.90 Å². The number of carbonyl (C=O) groups excluding carboxylic acids is 1. The van der Waals surface area contributed by atoms with Gasteiger partial charge < -0.3 is 16.2 Å². The molecule has 2 saturated carbocycles. The van der Waals surface area contributed by atoms with Crippen molar-refractivity contribution in [3.63, 3.8) is 0 Å². The quantitative estimate of drug-likeness (QED) is 0.680. The Balaban J connectivity index is 1.80. The molecular formula is C13H24N2O2. The van der Waals surface area contributed by atoms with E-state index >= 15 is 0 Å². The second kappa shape index (κ2) is 5.36. The number of aliphatic hydroxyl groups excluding tert-OH is 1. The van der Waals surface area contributed by atoms with Crippen LogP contribution < -0.4 is 11.1 Å². The normalized spacial score (nSPS) is 31.6. The largest absolute Gasteiger partial charge is 0.393 e.